The van der Waals surface area contributed by atoms with Crippen LogP contribution in [0.4, 0.5) is 5.69 Å². The summed E-state index contributed by atoms with van der Waals surface area (Å²) in [6.45, 7) is 5.47. The van der Waals surface area contributed by atoms with Crippen LogP contribution in [0.2, 0.25) is 0 Å². The molecule has 1 N–H and O–H groups in total. The highest BCUT2D eigenvalue weighted by atomic mass is 16.5. The Morgan fingerprint density at radius 2 is 2.15 bits per heavy atom. The fourth-order valence-electron chi connectivity index (χ4n) is 2.66. The Balaban J connectivity index is 1.82. The van der Waals surface area contributed by atoms with Gasteiger partial charge in [0.05, 0.1) is 26.0 Å². The normalized spacial score (nSPS) is 22.9. The molecule has 0 bridgehead atoms. The van der Waals surface area contributed by atoms with E-state index < -0.39 is 0 Å². The van der Waals surface area contributed by atoms with Gasteiger partial charge in [-0.25, -0.2) is 0 Å². The van der Waals surface area contributed by atoms with Gasteiger partial charge < -0.3 is 24.4 Å². The number of hydrogen-bond acceptors (Lipinski definition) is 5. The van der Waals surface area contributed by atoms with E-state index in [0.717, 1.165) is 56.4 Å². The van der Waals surface area contributed by atoms with Crippen LogP contribution < -0.4 is 19.7 Å². The van der Waals surface area contributed by atoms with Crippen LogP contribution >= 0.6 is 0 Å². The zero-order valence-corrected chi connectivity index (χ0v) is 11.9. The summed E-state index contributed by atoms with van der Waals surface area (Å²) >= 11 is 0. The van der Waals surface area contributed by atoms with Crippen molar-refractivity contribution >= 4 is 5.69 Å². The Labute approximate surface area is 119 Å². The van der Waals surface area contributed by atoms with Gasteiger partial charge in [0.15, 0.2) is 0 Å². The lowest BCUT2D eigenvalue weighted by atomic mass is 10.2. The zero-order valence-electron chi connectivity index (χ0n) is 11.9. The van der Waals surface area contributed by atoms with E-state index in [2.05, 4.69) is 16.3 Å². The number of benzene rings is 1. The molecule has 0 aliphatic carbocycles. The summed E-state index contributed by atoms with van der Waals surface area (Å²) in [6, 6.07) is 6.03. The van der Waals surface area contributed by atoms with Gasteiger partial charge in [0.1, 0.15) is 17.6 Å². The van der Waals surface area contributed by atoms with Gasteiger partial charge in [0.2, 0.25) is 0 Å². The molecule has 1 atom stereocenters. The number of methoxy groups -OCH3 is 1. The number of nitrogens with zero attached hydrogens (tertiary/aromatic N) is 1. The van der Waals surface area contributed by atoms with Crippen molar-refractivity contribution in [2.24, 2.45) is 0 Å². The third-order valence-corrected chi connectivity index (χ3v) is 3.81. The monoisotopic (exact) mass is 278 g/mol. The SMILES string of the molecule is COc1ccc(OC2CCOC2)c(N2CCNCC2)c1. The smallest absolute Gasteiger partial charge is 0.143 e. The first-order chi connectivity index (χ1) is 9.86. The van der Waals surface area contributed by atoms with Gasteiger partial charge in [-0.05, 0) is 12.1 Å². The van der Waals surface area contributed by atoms with Crippen LogP contribution in [-0.4, -0.2) is 52.6 Å². The minimum Gasteiger partial charge on any atom is -0.497 e. The number of rotatable bonds is 4. The minimum absolute atomic E-state index is 0.171. The Kier molecular flexibility index (Phi) is 4.28. The fraction of sp³-hybridized carbons (Fsp3) is 0.600. The maximum Gasteiger partial charge on any atom is 0.143 e. The number of anilines is 1. The molecule has 2 saturated heterocycles. The average molecular weight is 278 g/mol. The van der Waals surface area contributed by atoms with Crippen LogP contribution in [0.3, 0.4) is 0 Å². The van der Waals surface area contributed by atoms with Crippen LogP contribution in [0.15, 0.2) is 18.2 Å². The summed E-state index contributed by atoms with van der Waals surface area (Å²) in [5.41, 5.74) is 1.12. The zero-order chi connectivity index (χ0) is 13.8. The molecular formula is C15H22N2O3. The first-order valence-electron chi connectivity index (χ1n) is 7.25. The Bertz CT molecular complexity index is 441. The molecule has 3 rings (SSSR count). The van der Waals surface area contributed by atoms with Gasteiger partial charge in [-0.1, -0.05) is 0 Å². The van der Waals surface area contributed by atoms with Gasteiger partial charge in [-0.3, -0.25) is 0 Å². The summed E-state index contributed by atoms with van der Waals surface area (Å²) < 4.78 is 16.9. The van der Waals surface area contributed by atoms with E-state index in [-0.39, 0.29) is 6.10 Å². The molecule has 1 unspecified atom stereocenters. The Hall–Kier alpha value is -1.46. The summed E-state index contributed by atoms with van der Waals surface area (Å²) in [6.07, 6.45) is 1.14. The molecule has 5 nitrogen and oxygen atoms in total. The van der Waals surface area contributed by atoms with Gasteiger partial charge in [0.25, 0.3) is 0 Å². The molecule has 1 aromatic carbocycles. The third kappa shape index (κ3) is 2.99. The van der Waals surface area contributed by atoms with E-state index in [0.29, 0.717) is 6.61 Å². The first kappa shape index (κ1) is 13.5. The molecule has 20 heavy (non-hydrogen) atoms. The topological polar surface area (TPSA) is 43.0 Å². The standard InChI is InChI=1S/C15H22N2O3/c1-18-12-2-3-15(20-13-4-9-19-11-13)14(10-12)17-7-5-16-6-8-17/h2-3,10,13,16H,4-9,11H2,1H3. The molecule has 110 valence electrons. The van der Waals surface area contributed by atoms with E-state index in [1.54, 1.807) is 7.11 Å². The van der Waals surface area contributed by atoms with Crippen LogP contribution in [0, 0.1) is 0 Å². The number of piperazine rings is 1. The van der Waals surface area contributed by atoms with Crippen LogP contribution in [0.1, 0.15) is 6.42 Å². The lowest BCUT2D eigenvalue weighted by Crippen LogP contribution is -2.43. The van der Waals surface area contributed by atoms with Gasteiger partial charge in [0, 0.05) is 38.7 Å². The average Bonchev–Trinajstić information content (AvgIpc) is 3.01. The molecule has 1 aromatic rings. The van der Waals surface area contributed by atoms with Crippen molar-refractivity contribution in [3.63, 3.8) is 0 Å². The van der Waals surface area contributed by atoms with E-state index >= 15 is 0 Å². The van der Waals surface area contributed by atoms with Crippen molar-refractivity contribution < 1.29 is 14.2 Å². The highest BCUT2D eigenvalue weighted by Crippen LogP contribution is 2.34. The second-order valence-electron chi connectivity index (χ2n) is 5.17. The highest BCUT2D eigenvalue weighted by molar-refractivity contribution is 5.62. The molecule has 2 aliphatic heterocycles. The van der Waals surface area contributed by atoms with E-state index in [4.69, 9.17) is 14.2 Å². The predicted octanol–water partition coefficient (Wildman–Crippen LogP) is 1.27. The molecule has 2 heterocycles. The summed E-state index contributed by atoms with van der Waals surface area (Å²) in [4.78, 5) is 2.35. The van der Waals surface area contributed by atoms with E-state index in [1.807, 2.05) is 12.1 Å². The van der Waals surface area contributed by atoms with E-state index in [9.17, 15) is 0 Å². The second-order valence-corrected chi connectivity index (χ2v) is 5.17. The Morgan fingerprint density at radius 1 is 1.30 bits per heavy atom. The van der Waals surface area contributed by atoms with Gasteiger partial charge in [-0.2, -0.15) is 0 Å². The second kappa shape index (κ2) is 6.33. The number of nitrogens with one attached hydrogen (secondary N) is 1. The maximum absolute atomic E-state index is 6.12. The summed E-state index contributed by atoms with van der Waals surface area (Å²) in [7, 11) is 1.70. The minimum atomic E-state index is 0.171. The molecule has 2 aliphatic rings. The molecule has 0 radical (unpaired) electrons. The van der Waals surface area contributed by atoms with Crippen molar-refractivity contribution in [2.75, 3.05) is 51.4 Å². The van der Waals surface area contributed by atoms with Crippen molar-refractivity contribution in [1.82, 2.24) is 5.32 Å². The number of hydrogen-bond donors (Lipinski definition) is 1. The summed E-state index contributed by atoms with van der Waals surface area (Å²) in [5, 5.41) is 3.37. The molecule has 0 amide bonds. The molecular weight excluding hydrogens is 256 g/mol. The van der Waals surface area contributed by atoms with Crippen molar-refractivity contribution in [3.05, 3.63) is 18.2 Å². The Morgan fingerprint density at radius 3 is 2.85 bits per heavy atom. The van der Waals surface area contributed by atoms with Gasteiger partial charge >= 0.3 is 0 Å². The third-order valence-electron chi connectivity index (χ3n) is 3.81. The predicted molar refractivity (Wildman–Crippen MR) is 77.9 cm³/mol. The van der Waals surface area contributed by atoms with Crippen molar-refractivity contribution in [3.8, 4) is 11.5 Å². The van der Waals surface area contributed by atoms with Gasteiger partial charge in [-0.15, -0.1) is 0 Å². The molecule has 0 aromatic heterocycles. The van der Waals surface area contributed by atoms with Crippen molar-refractivity contribution in [2.45, 2.75) is 12.5 Å². The lowest BCUT2D eigenvalue weighted by molar-refractivity contribution is 0.141. The molecule has 0 spiro atoms. The van der Waals surface area contributed by atoms with Crippen molar-refractivity contribution in [1.29, 1.82) is 0 Å². The van der Waals surface area contributed by atoms with Crippen LogP contribution in [-0.2, 0) is 4.74 Å². The quantitative estimate of drug-likeness (QED) is 0.898. The molecule has 5 heteroatoms. The van der Waals surface area contributed by atoms with Crippen LogP contribution in [0.5, 0.6) is 11.5 Å². The summed E-state index contributed by atoms with van der Waals surface area (Å²) in [5.74, 6) is 1.80. The number of ether oxygens (including phenoxy) is 3. The largest absolute Gasteiger partial charge is 0.497 e. The molecule has 2 fully saturated rings. The lowest BCUT2D eigenvalue weighted by Gasteiger charge is -2.31. The highest BCUT2D eigenvalue weighted by Gasteiger charge is 2.21. The maximum atomic E-state index is 6.12. The first-order valence-corrected chi connectivity index (χ1v) is 7.25. The van der Waals surface area contributed by atoms with Crippen LogP contribution in [0.25, 0.3) is 0 Å². The molecule has 0 saturated carbocycles. The fourth-order valence-corrected chi connectivity index (χ4v) is 2.66. The van der Waals surface area contributed by atoms with E-state index in [1.165, 1.54) is 0 Å².